The summed E-state index contributed by atoms with van der Waals surface area (Å²) in [6.45, 7) is 0.211. The van der Waals surface area contributed by atoms with E-state index in [2.05, 4.69) is 25.8 Å². The van der Waals surface area contributed by atoms with Gasteiger partial charge < -0.3 is 20.5 Å². The van der Waals surface area contributed by atoms with Crippen LogP contribution >= 0.6 is 0 Å². The van der Waals surface area contributed by atoms with Gasteiger partial charge in [-0.1, -0.05) is 18.2 Å². The Morgan fingerprint density at radius 2 is 2.05 bits per heavy atom. The molecule has 0 amide bonds. The van der Waals surface area contributed by atoms with E-state index in [-0.39, 0.29) is 36.5 Å². The van der Waals surface area contributed by atoms with Crippen molar-refractivity contribution in [2.75, 3.05) is 30.9 Å². The van der Waals surface area contributed by atoms with Crippen molar-refractivity contribution in [1.82, 2.24) is 9.97 Å². The number of methoxy groups -OCH3 is 1. The first-order valence-corrected chi connectivity index (χ1v) is 6.24. The van der Waals surface area contributed by atoms with Gasteiger partial charge in [0.2, 0.25) is 11.6 Å². The molecule has 3 N–H and O–H groups in total. The lowest BCUT2D eigenvalue weighted by Gasteiger charge is -2.12. The third-order valence-corrected chi connectivity index (χ3v) is 2.57. The van der Waals surface area contributed by atoms with Crippen molar-refractivity contribution >= 4 is 23.1 Å². The minimum atomic E-state index is -0.0686. The SMILES string of the molecule is COc1nc(NCCO)nc(Nc2ccccc2)c1N=O. The highest BCUT2D eigenvalue weighted by atomic mass is 16.5. The molecule has 1 aromatic heterocycles. The molecule has 1 heterocycles. The molecule has 8 nitrogen and oxygen atoms in total. The van der Waals surface area contributed by atoms with E-state index in [0.717, 1.165) is 5.69 Å². The number of anilines is 3. The fourth-order valence-electron chi connectivity index (χ4n) is 1.65. The quantitative estimate of drug-likeness (QED) is 0.669. The number of para-hydroxylation sites is 1. The molecule has 8 heteroatoms. The van der Waals surface area contributed by atoms with Crippen LogP contribution in [0.2, 0.25) is 0 Å². The number of nitrogens with one attached hydrogen (secondary N) is 2. The third-order valence-electron chi connectivity index (χ3n) is 2.57. The molecule has 0 radical (unpaired) electrons. The molecule has 21 heavy (non-hydrogen) atoms. The molecule has 0 atom stereocenters. The van der Waals surface area contributed by atoms with Gasteiger partial charge in [0.1, 0.15) is 0 Å². The highest BCUT2D eigenvalue weighted by molar-refractivity contribution is 5.73. The van der Waals surface area contributed by atoms with Gasteiger partial charge in [0.25, 0.3) is 5.88 Å². The molecule has 0 unspecified atom stereocenters. The van der Waals surface area contributed by atoms with Gasteiger partial charge in [-0.25, -0.2) is 0 Å². The number of aliphatic hydroxyl groups is 1. The second-order valence-corrected chi connectivity index (χ2v) is 3.99. The Hall–Kier alpha value is -2.74. The van der Waals surface area contributed by atoms with Gasteiger partial charge in [0, 0.05) is 12.2 Å². The average Bonchev–Trinajstić information content (AvgIpc) is 2.53. The number of benzene rings is 1. The normalized spacial score (nSPS) is 10.0. The van der Waals surface area contributed by atoms with E-state index < -0.39 is 0 Å². The number of nitroso groups, excluding NO2 is 1. The number of nitrogens with zero attached hydrogens (tertiary/aromatic N) is 3. The van der Waals surface area contributed by atoms with Gasteiger partial charge in [0.15, 0.2) is 5.82 Å². The number of ether oxygens (including phenoxy) is 1. The van der Waals surface area contributed by atoms with Crippen LogP contribution in [0.4, 0.5) is 23.1 Å². The number of hydrogen-bond donors (Lipinski definition) is 3. The number of aliphatic hydroxyl groups excluding tert-OH is 1. The summed E-state index contributed by atoms with van der Waals surface area (Å²) in [5.74, 6) is 0.508. The Bertz CT molecular complexity index is 606. The number of hydrogen-bond acceptors (Lipinski definition) is 8. The second-order valence-electron chi connectivity index (χ2n) is 3.99. The molecule has 0 saturated heterocycles. The van der Waals surface area contributed by atoms with Crippen molar-refractivity contribution in [1.29, 1.82) is 0 Å². The zero-order valence-electron chi connectivity index (χ0n) is 11.4. The van der Waals surface area contributed by atoms with Crippen molar-refractivity contribution < 1.29 is 9.84 Å². The molecule has 0 fully saturated rings. The van der Waals surface area contributed by atoms with Crippen molar-refractivity contribution in [3.05, 3.63) is 35.2 Å². The minimum absolute atomic E-state index is 0.0177. The topological polar surface area (TPSA) is 109 Å². The maximum Gasteiger partial charge on any atom is 0.250 e. The largest absolute Gasteiger partial charge is 0.479 e. The Labute approximate surface area is 121 Å². The van der Waals surface area contributed by atoms with Crippen LogP contribution in [0.25, 0.3) is 0 Å². The minimum Gasteiger partial charge on any atom is -0.479 e. The van der Waals surface area contributed by atoms with E-state index >= 15 is 0 Å². The smallest absolute Gasteiger partial charge is 0.250 e. The summed E-state index contributed by atoms with van der Waals surface area (Å²) in [4.78, 5) is 19.2. The Kier molecular flexibility index (Phi) is 4.99. The van der Waals surface area contributed by atoms with Gasteiger partial charge in [-0.3, -0.25) is 0 Å². The van der Waals surface area contributed by atoms with Crippen molar-refractivity contribution in [2.45, 2.75) is 0 Å². The summed E-state index contributed by atoms with van der Waals surface area (Å²) in [5.41, 5.74) is 0.729. The van der Waals surface area contributed by atoms with E-state index in [1.54, 1.807) is 0 Å². The van der Waals surface area contributed by atoms with E-state index in [9.17, 15) is 4.91 Å². The molecule has 1 aromatic carbocycles. The molecule has 2 rings (SSSR count). The van der Waals surface area contributed by atoms with Crippen LogP contribution in [-0.2, 0) is 0 Å². The maximum absolute atomic E-state index is 11.0. The summed E-state index contributed by atoms with van der Waals surface area (Å²) < 4.78 is 5.05. The fraction of sp³-hybridized carbons (Fsp3) is 0.231. The summed E-state index contributed by atoms with van der Waals surface area (Å²) in [6.07, 6.45) is 0. The van der Waals surface area contributed by atoms with Gasteiger partial charge in [-0.05, 0) is 17.3 Å². The summed E-state index contributed by atoms with van der Waals surface area (Å²) in [7, 11) is 1.39. The van der Waals surface area contributed by atoms with Crippen molar-refractivity contribution in [3.8, 4) is 5.88 Å². The molecular formula is C13H15N5O3. The molecule has 0 saturated carbocycles. The van der Waals surface area contributed by atoms with E-state index in [1.165, 1.54) is 7.11 Å². The fourth-order valence-corrected chi connectivity index (χ4v) is 1.65. The molecule has 2 aromatic rings. The third kappa shape index (κ3) is 3.63. The maximum atomic E-state index is 11.0. The Balaban J connectivity index is 2.38. The molecule has 0 aliphatic carbocycles. The highest BCUT2D eigenvalue weighted by Gasteiger charge is 2.16. The lowest BCUT2D eigenvalue weighted by atomic mass is 10.3. The first-order valence-electron chi connectivity index (χ1n) is 6.24. The van der Waals surface area contributed by atoms with Gasteiger partial charge in [0.05, 0.1) is 13.7 Å². The summed E-state index contributed by atoms with van der Waals surface area (Å²) in [6, 6.07) is 9.21. The molecule has 110 valence electrons. The predicted molar refractivity (Wildman–Crippen MR) is 79.3 cm³/mol. The van der Waals surface area contributed by atoms with Gasteiger partial charge in [-0.15, -0.1) is 4.91 Å². The predicted octanol–water partition coefficient (Wildman–Crippen LogP) is 2.03. The van der Waals surface area contributed by atoms with Crippen LogP contribution in [-0.4, -0.2) is 35.3 Å². The zero-order chi connectivity index (χ0) is 15.1. The lowest BCUT2D eigenvalue weighted by molar-refractivity contribution is 0.310. The van der Waals surface area contributed by atoms with E-state index in [1.807, 2.05) is 30.3 Å². The van der Waals surface area contributed by atoms with E-state index in [4.69, 9.17) is 9.84 Å². The first kappa shape index (κ1) is 14.7. The molecule has 0 aliphatic heterocycles. The zero-order valence-corrected chi connectivity index (χ0v) is 11.4. The highest BCUT2D eigenvalue weighted by Crippen LogP contribution is 2.34. The number of rotatable bonds is 7. The van der Waals surface area contributed by atoms with Crippen LogP contribution in [0.1, 0.15) is 0 Å². The number of aromatic nitrogens is 2. The monoisotopic (exact) mass is 289 g/mol. The molecule has 0 bridgehead atoms. The van der Waals surface area contributed by atoms with Crippen LogP contribution in [0.5, 0.6) is 5.88 Å². The lowest BCUT2D eigenvalue weighted by Crippen LogP contribution is -2.10. The van der Waals surface area contributed by atoms with Gasteiger partial charge >= 0.3 is 0 Å². The molecular weight excluding hydrogens is 274 g/mol. The van der Waals surface area contributed by atoms with Crippen LogP contribution in [0.15, 0.2) is 35.5 Å². The van der Waals surface area contributed by atoms with Crippen molar-refractivity contribution in [2.24, 2.45) is 5.18 Å². The molecule has 0 spiro atoms. The summed E-state index contributed by atoms with van der Waals surface area (Å²) >= 11 is 0. The summed E-state index contributed by atoms with van der Waals surface area (Å²) in [5, 5.41) is 17.5. The van der Waals surface area contributed by atoms with Crippen LogP contribution in [0, 0.1) is 4.91 Å². The van der Waals surface area contributed by atoms with Crippen LogP contribution < -0.4 is 15.4 Å². The van der Waals surface area contributed by atoms with Crippen LogP contribution in [0.3, 0.4) is 0 Å². The Morgan fingerprint density at radius 3 is 2.67 bits per heavy atom. The second kappa shape index (κ2) is 7.15. The first-order chi connectivity index (χ1) is 10.3. The van der Waals surface area contributed by atoms with E-state index in [0.29, 0.717) is 0 Å². The Morgan fingerprint density at radius 1 is 1.29 bits per heavy atom. The average molecular weight is 289 g/mol. The van der Waals surface area contributed by atoms with Gasteiger partial charge in [-0.2, -0.15) is 9.97 Å². The van der Waals surface area contributed by atoms with Crippen molar-refractivity contribution in [3.63, 3.8) is 0 Å². The molecule has 0 aliphatic rings. The standard InChI is InChI=1S/C13H15N5O3/c1-21-12-10(18-20)11(15-9-5-3-2-4-6-9)16-13(17-12)14-7-8-19/h2-6,19H,7-8H2,1H3,(H2,14,15,16,17).